The Morgan fingerprint density at radius 1 is 1.07 bits per heavy atom. The van der Waals surface area contributed by atoms with E-state index >= 15 is 0 Å². The number of nitrogens with one attached hydrogen (secondary N) is 4. The smallest absolute Gasteiger partial charge is 0.151 e. The molecule has 7 heteroatoms. The fraction of sp³-hybridized carbons (Fsp3) is 0.238. The summed E-state index contributed by atoms with van der Waals surface area (Å²) in [5.74, 6) is 0.868. The van der Waals surface area contributed by atoms with Crippen molar-refractivity contribution in [3.05, 3.63) is 60.3 Å². The molecule has 28 heavy (non-hydrogen) atoms. The zero-order valence-electron chi connectivity index (χ0n) is 16.3. The summed E-state index contributed by atoms with van der Waals surface area (Å²) in [5, 5.41) is 13.1. The van der Waals surface area contributed by atoms with Gasteiger partial charge in [-0.1, -0.05) is 24.3 Å². The number of rotatable bonds is 9. The molecule has 0 saturated heterocycles. The fourth-order valence-corrected chi connectivity index (χ4v) is 2.89. The van der Waals surface area contributed by atoms with Gasteiger partial charge in [-0.15, -0.1) is 0 Å². The SMILES string of the molecule is CN(C)CCCNc1ncc2ccccc2c1NNc1ccc(C(=N)N)cc1. The van der Waals surface area contributed by atoms with Gasteiger partial charge < -0.3 is 21.4 Å². The van der Waals surface area contributed by atoms with E-state index in [0.29, 0.717) is 5.56 Å². The van der Waals surface area contributed by atoms with Crippen molar-refractivity contribution in [1.82, 2.24) is 9.88 Å². The minimum Gasteiger partial charge on any atom is -0.384 e. The molecule has 1 aromatic heterocycles. The van der Waals surface area contributed by atoms with E-state index in [-0.39, 0.29) is 5.84 Å². The maximum absolute atomic E-state index is 7.49. The molecule has 0 bridgehead atoms. The summed E-state index contributed by atoms with van der Waals surface area (Å²) < 4.78 is 0. The average molecular weight is 377 g/mol. The molecule has 0 aliphatic heterocycles. The van der Waals surface area contributed by atoms with E-state index < -0.39 is 0 Å². The Kier molecular flexibility index (Phi) is 6.29. The lowest BCUT2D eigenvalue weighted by atomic mass is 10.1. The van der Waals surface area contributed by atoms with Crippen LogP contribution in [0.3, 0.4) is 0 Å². The second-order valence-electron chi connectivity index (χ2n) is 6.89. The summed E-state index contributed by atoms with van der Waals surface area (Å²) in [5.41, 5.74) is 14.5. The van der Waals surface area contributed by atoms with E-state index in [0.717, 1.165) is 47.5 Å². The van der Waals surface area contributed by atoms with Gasteiger partial charge in [-0.3, -0.25) is 10.8 Å². The van der Waals surface area contributed by atoms with Crippen LogP contribution in [0.15, 0.2) is 54.7 Å². The summed E-state index contributed by atoms with van der Waals surface area (Å²) in [6.45, 7) is 1.86. The zero-order chi connectivity index (χ0) is 19.9. The Morgan fingerprint density at radius 3 is 2.54 bits per heavy atom. The molecule has 0 unspecified atom stereocenters. The van der Waals surface area contributed by atoms with Crippen LogP contribution in [0.1, 0.15) is 12.0 Å². The molecule has 0 aliphatic carbocycles. The lowest BCUT2D eigenvalue weighted by Gasteiger charge is -2.17. The molecule has 0 radical (unpaired) electrons. The summed E-state index contributed by atoms with van der Waals surface area (Å²) in [7, 11) is 4.14. The van der Waals surface area contributed by atoms with E-state index in [1.54, 1.807) is 0 Å². The van der Waals surface area contributed by atoms with Crippen molar-refractivity contribution in [2.75, 3.05) is 43.4 Å². The number of pyridine rings is 1. The van der Waals surface area contributed by atoms with Gasteiger partial charge in [-0.05, 0) is 51.3 Å². The van der Waals surface area contributed by atoms with E-state index in [1.165, 1.54) is 0 Å². The standard InChI is InChI=1S/C21H27N7/c1-28(2)13-5-12-24-21-19(18-7-4-3-6-16(18)14-25-21)27-26-17-10-8-15(9-11-17)20(22)23/h3-4,6-11,14,26-27H,5,12-13H2,1-2H3,(H3,22,23)(H,24,25). The van der Waals surface area contributed by atoms with Crippen molar-refractivity contribution in [2.24, 2.45) is 5.73 Å². The van der Waals surface area contributed by atoms with Crippen LogP contribution in [0, 0.1) is 5.41 Å². The quantitative estimate of drug-likeness (QED) is 0.170. The van der Waals surface area contributed by atoms with Gasteiger partial charge in [0.15, 0.2) is 5.82 Å². The maximum atomic E-state index is 7.49. The van der Waals surface area contributed by atoms with Crippen molar-refractivity contribution in [3.8, 4) is 0 Å². The van der Waals surface area contributed by atoms with Crippen LogP contribution in [0.4, 0.5) is 17.2 Å². The average Bonchev–Trinajstić information content (AvgIpc) is 2.70. The molecule has 0 fully saturated rings. The Bertz CT molecular complexity index is 935. The summed E-state index contributed by atoms with van der Waals surface area (Å²) in [6, 6.07) is 15.5. The highest BCUT2D eigenvalue weighted by atomic mass is 15.4. The van der Waals surface area contributed by atoms with Crippen molar-refractivity contribution in [1.29, 1.82) is 5.41 Å². The fourth-order valence-electron chi connectivity index (χ4n) is 2.89. The second-order valence-corrected chi connectivity index (χ2v) is 6.89. The van der Waals surface area contributed by atoms with Gasteiger partial charge in [0.2, 0.25) is 0 Å². The van der Waals surface area contributed by atoms with Gasteiger partial charge in [0.05, 0.1) is 5.69 Å². The normalized spacial score (nSPS) is 10.8. The highest BCUT2D eigenvalue weighted by Crippen LogP contribution is 2.29. The Hall–Kier alpha value is -3.32. The minimum atomic E-state index is 0.0574. The monoisotopic (exact) mass is 377 g/mol. The molecule has 3 aromatic rings. The van der Waals surface area contributed by atoms with Gasteiger partial charge >= 0.3 is 0 Å². The molecular weight excluding hydrogens is 350 g/mol. The summed E-state index contributed by atoms with van der Waals surface area (Å²) in [6.07, 6.45) is 2.91. The third-order valence-corrected chi connectivity index (χ3v) is 4.40. The lowest BCUT2D eigenvalue weighted by molar-refractivity contribution is 0.405. The third-order valence-electron chi connectivity index (χ3n) is 4.40. The molecule has 0 atom stereocenters. The predicted octanol–water partition coefficient (Wildman–Crippen LogP) is 3.32. The van der Waals surface area contributed by atoms with Crippen LogP contribution in [-0.2, 0) is 0 Å². The molecule has 7 nitrogen and oxygen atoms in total. The molecule has 0 aliphatic rings. The Morgan fingerprint density at radius 2 is 1.82 bits per heavy atom. The number of benzene rings is 2. The highest BCUT2D eigenvalue weighted by molar-refractivity contribution is 5.98. The van der Waals surface area contributed by atoms with Crippen LogP contribution in [0.5, 0.6) is 0 Å². The first kappa shape index (κ1) is 19.4. The molecule has 6 N–H and O–H groups in total. The van der Waals surface area contributed by atoms with Crippen molar-refractivity contribution < 1.29 is 0 Å². The van der Waals surface area contributed by atoms with Crippen LogP contribution >= 0.6 is 0 Å². The third kappa shape index (κ3) is 4.89. The van der Waals surface area contributed by atoms with E-state index in [9.17, 15) is 0 Å². The first-order valence-electron chi connectivity index (χ1n) is 9.27. The summed E-state index contributed by atoms with van der Waals surface area (Å²) >= 11 is 0. The number of nitrogens with two attached hydrogens (primary N) is 1. The van der Waals surface area contributed by atoms with Crippen LogP contribution in [0.25, 0.3) is 10.8 Å². The lowest BCUT2D eigenvalue weighted by Crippen LogP contribution is -2.18. The molecule has 146 valence electrons. The van der Waals surface area contributed by atoms with Gasteiger partial charge in [-0.25, -0.2) is 4.98 Å². The van der Waals surface area contributed by atoms with Gasteiger partial charge in [0.1, 0.15) is 11.5 Å². The first-order chi connectivity index (χ1) is 13.5. The number of hydrazine groups is 1. The number of anilines is 3. The highest BCUT2D eigenvalue weighted by Gasteiger charge is 2.09. The van der Waals surface area contributed by atoms with Gasteiger partial charge in [0.25, 0.3) is 0 Å². The predicted molar refractivity (Wildman–Crippen MR) is 118 cm³/mol. The van der Waals surface area contributed by atoms with Crippen LogP contribution in [0.2, 0.25) is 0 Å². The van der Waals surface area contributed by atoms with Crippen molar-refractivity contribution in [2.45, 2.75) is 6.42 Å². The largest absolute Gasteiger partial charge is 0.384 e. The maximum Gasteiger partial charge on any atom is 0.151 e. The first-order valence-corrected chi connectivity index (χ1v) is 9.27. The van der Waals surface area contributed by atoms with Crippen molar-refractivity contribution >= 4 is 33.8 Å². The number of nitrogen functional groups attached to an aromatic ring is 1. The number of fused-ring (bicyclic) bond motifs is 1. The van der Waals surface area contributed by atoms with Crippen molar-refractivity contribution in [3.63, 3.8) is 0 Å². The number of hydrogen-bond acceptors (Lipinski definition) is 6. The van der Waals surface area contributed by atoms with Crippen LogP contribution < -0.4 is 21.9 Å². The number of amidine groups is 1. The summed E-state index contributed by atoms with van der Waals surface area (Å²) in [4.78, 5) is 6.77. The van der Waals surface area contributed by atoms with Crippen LogP contribution in [-0.4, -0.2) is 42.9 Å². The molecule has 1 heterocycles. The number of aromatic nitrogens is 1. The molecule has 3 rings (SSSR count). The van der Waals surface area contributed by atoms with Gasteiger partial charge in [-0.2, -0.15) is 0 Å². The molecular formula is C21H27N7. The minimum absolute atomic E-state index is 0.0574. The second kappa shape index (κ2) is 9.05. The van der Waals surface area contributed by atoms with E-state index in [4.69, 9.17) is 11.1 Å². The van der Waals surface area contributed by atoms with Gasteiger partial charge in [0, 0.05) is 29.1 Å². The topological polar surface area (TPSA) is 102 Å². The van der Waals surface area contributed by atoms with E-state index in [1.807, 2.05) is 48.7 Å². The number of nitrogens with zero attached hydrogens (tertiary/aromatic N) is 2. The zero-order valence-corrected chi connectivity index (χ0v) is 16.3. The number of hydrogen-bond donors (Lipinski definition) is 5. The molecule has 0 amide bonds. The Labute approximate surface area is 165 Å². The Balaban J connectivity index is 1.78. The molecule has 0 saturated carbocycles. The molecule has 2 aromatic carbocycles. The molecule has 0 spiro atoms. The van der Waals surface area contributed by atoms with E-state index in [2.05, 4.69) is 46.2 Å².